The fourth-order valence-electron chi connectivity index (χ4n) is 1.78. The minimum Gasteiger partial charge on any atom is -0.494 e. The quantitative estimate of drug-likeness (QED) is 0.659. The Labute approximate surface area is 144 Å². The molecule has 132 valence electrons. The van der Waals surface area contributed by atoms with E-state index in [0.29, 0.717) is 11.1 Å². The maximum atomic E-state index is 14.6. The van der Waals surface area contributed by atoms with Gasteiger partial charge < -0.3 is 14.8 Å². The van der Waals surface area contributed by atoms with Crippen molar-refractivity contribution in [2.24, 2.45) is 0 Å². The number of benzene rings is 1. The lowest BCUT2D eigenvalue weighted by Gasteiger charge is -2.20. The van der Waals surface area contributed by atoms with Crippen LogP contribution in [0.4, 0.5) is 9.18 Å². The number of nitrogens with one attached hydrogen (secondary N) is 1. The second kappa shape index (κ2) is 7.71. The second-order valence-corrected chi connectivity index (χ2v) is 12.2. The highest BCUT2D eigenvalue weighted by molar-refractivity contribution is 6.83. The van der Waals surface area contributed by atoms with Gasteiger partial charge in [0, 0.05) is 11.1 Å². The van der Waals surface area contributed by atoms with Gasteiger partial charge in [-0.2, -0.15) is 0 Å². The standard InChI is InChI=1S/C18H26FNO3Si/c1-18(2,3)23-17(21)20-12-14-13(10-11-24(5,6)7)8-9-15(22-4)16(14)19/h8-9H,12H2,1-7H3,(H,20,21). The Hall–Kier alpha value is -2.00. The van der Waals surface area contributed by atoms with Crippen molar-refractivity contribution in [3.05, 3.63) is 29.1 Å². The van der Waals surface area contributed by atoms with E-state index in [1.165, 1.54) is 7.11 Å². The number of hydrogen-bond acceptors (Lipinski definition) is 3. The van der Waals surface area contributed by atoms with Crippen molar-refractivity contribution in [2.45, 2.75) is 52.6 Å². The normalized spacial score (nSPS) is 11.3. The SMILES string of the molecule is COc1ccc(C#C[Si](C)(C)C)c(CNC(=O)OC(C)(C)C)c1F. The van der Waals surface area contributed by atoms with E-state index in [4.69, 9.17) is 9.47 Å². The van der Waals surface area contributed by atoms with Gasteiger partial charge in [-0.1, -0.05) is 25.6 Å². The van der Waals surface area contributed by atoms with Crippen LogP contribution in [0.25, 0.3) is 0 Å². The molecule has 0 aliphatic heterocycles. The van der Waals surface area contributed by atoms with E-state index in [1.54, 1.807) is 32.9 Å². The Bertz CT molecular complexity index is 664. The maximum Gasteiger partial charge on any atom is 0.407 e. The van der Waals surface area contributed by atoms with Crippen molar-refractivity contribution in [2.75, 3.05) is 7.11 Å². The van der Waals surface area contributed by atoms with E-state index < -0.39 is 25.6 Å². The number of halogens is 1. The van der Waals surface area contributed by atoms with Crippen LogP contribution in [0, 0.1) is 17.3 Å². The van der Waals surface area contributed by atoms with Crippen molar-refractivity contribution in [1.82, 2.24) is 5.32 Å². The lowest BCUT2D eigenvalue weighted by atomic mass is 10.1. The van der Waals surface area contributed by atoms with Crippen LogP contribution in [0.2, 0.25) is 19.6 Å². The molecule has 0 aliphatic rings. The van der Waals surface area contributed by atoms with Gasteiger partial charge in [0.05, 0.1) is 13.7 Å². The van der Waals surface area contributed by atoms with Gasteiger partial charge in [0.2, 0.25) is 0 Å². The molecule has 4 nitrogen and oxygen atoms in total. The van der Waals surface area contributed by atoms with Gasteiger partial charge in [0.25, 0.3) is 0 Å². The van der Waals surface area contributed by atoms with Crippen molar-refractivity contribution in [3.8, 4) is 17.2 Å². The van der Waals surface area contributed by atoms with Crippen molar-refractivity contribution < 1.29 is 18.7 Å². The van der Waals surface area contributed by atoms with E-state index in [2.05, 4.69) is 36.4 Å². The molecule has 0 aliphatic carbocycles. The highest BCUT2D eigenvalue weighted by atomic mass is 28.3. The van der Waals surface area contributed by atoms with Crippen LogP contribution >= 0.6 is 0 Å². The Kier molecular flexibility index (Phi) is 6.44. The Morgan fingerprint density at radius 1 is 1.29 bits per heavy atom. The molecule has 0 saturated heterocycles. The third-order valence-electron chi connectivity index (χ3n) is 2.81. The molecule has 0 atom stereocenters. The predicted molar refractivity (Wildman–Crippen MR) is 96.2 cm³/mol. The summed E-state index contributed by atoms with van der Waals surface area (Å²) < 4.78 is 24.8. The Morgan fingerprint density at radius 2 is 1.92 bits per heavy atom. The van der Waals surface area contributed by atoms with Gasteiger partial charge in [0.15, 0.2) is 11.6 Å². The summed E-state index contributed by atoms with van der Waals surface area (Å²) in [6, 6.07) is 3.25. The first-order chi connectivity index (χ1) is 10.9. The van der Waals surface area contributed by atoms with E-state index in [9.17, 15) is 9.18 Å². The number of methoxy groups -OCH3 is 1. The maximum absolute atomic E-state index is 14.6. The van der Waals surface area contributed by atoms with E-state index in [-0.39, 0.29) is 12.3 Å². The molecule has 0 saturated carbocycles. The molecular formula is C18H26FNO3Si. The summed E-state index contributed by atoms with van der Waals surface area (Å²) in [4.78, 5) is 11.8. The average Bonchev–Trinajstić information content (AvgIpc) is 2.41. The topological polar surface area (TPSA) is 47.6 Å². The number of ether oxygens (including phenoxy) is 2. The van der Waals surface area contributed by atoms with Gasteiger partial charge >= 0.3 is 6.09 Å². The van der Waals surface area contributed by atoms with Crippen LogP contribution in [-0.2, 0) is 11.3 Å². The van der Waals surface area contributed by atoms with Crippen molar-refractivity contribution in [3.63, 3.8) is 0 Å². The number of rotatable bonds is 3. The zero-order chi connectivity index (χ0) is 18.5. The molecule has 0 bridgehead atoms. The van der Waals surface area contributed by atoms with E-state index >= 15 is 0 Å². The van der Waals surface area contributed by atoms with Crippen LogP contribution in [0.3, 0.4) is 0 Å². The molecule has 1 N–H and O–H groups in total. The second-order valence-electron chi connectivity index (χ2n) is 7.46. The van der Waals surface area contributed by atoms with Gasteiger partial charge in [-0.05, 0) is 32.9 Å². The minimum atomic E-state index is -1.61. The number of carbonyl (C=O) groups excluding carboxylic acids is 1. The van der Waals surface area contributed by atoms with Crippen LogP contribution in [0.1, 0.15) is 31.9 Å². The summed E-state index contributed by atoms with van der Waals surface area (Å²) in [5, 5.41) is 2.57. The fourth-order valence-corrected chi connectivity index (χ4v) is 2.29. The molecule has 6 heteroatoms. The first-order valence-corrected chi connectivity index (χ1v) is 11.3. The Morgan fingerprint density at radius 3 is 2.42 bits per heavy atom. The first kappa shape index (κ1) is 20.0. The van der Waals surface area contributed by atoms with Crippen LogP contribution in [0.15, 0.2) is 12.1 Å². The van der Waals surface area contributed by atoms with E-state index in [0.717, 1.165) is 0 Å². The highest BCUT2D eigenvalue weighted by Crippen LogP contribution is 2.23. The minimum absolute atomic E-state index is 0.0202. The molecule has 1 aromatic carbocycles. The van der Waals surface area contributed by atoms with Crippen molar-refractivity contribution in [1.29, 1.82) is 0 Å². The molecule has 0 unspecified atom stereocenters. The summed E-state index contributed by atoms with van der Waals surface area (Å²) in [7, 11) is -0.206. The summed E-state index contributed by atoms with van der Waals surface area (Å²) in [6.45, 7) is 11.6. The lowest BCUT2D eigenvalue weighted by Crippen LogP contribution is -2.32. The average molecular weight is 351 g/mol. The monoisotopic (exact) mass is 351 g/mol. The number of alkyl carbamates (subject to hydrolysis) is 1. The first-order valence-electron chi connectivity index (χ1n) is 7.78. The molecule has 0 spiro atoms. The fraction of sp³-hybridized carbons (Fsp3) is 0.500. The van der Waals surface area contributed by atoms with Gasteiger partial charge in [0.1, 0.15) is 13.7 Å². The molecule has 0 radical (unpaired) electrons. The molecule has 1 rings (SSSR count). The zero-order valence-corrected chi connectivity index (χ0v) is 16.5. The third-order valence-corrected chi connectivity index (χ3v) is 3.68. The molecule has 1 aromatic rings. The summed E-state index contributed by atoms with van der Waals surface area (Å²) in [5.74, 6) is 2.64. The van der Waals surface area contributed by atoms with Crippen LogP contribution in [-0.4, -0.2) is 26.9 Å². The van der Waals surface area contributed by atoms with Gasteiger partial charge in [-0.25, -0.2) is 9.18 Å². The van der Waals surface area contributed by atoms with Gasteiger partial charge in [-0.3, -0.25) is 0 Å². The number of hydrogen-bond donors (Lipinski definition) is 1. The molecule has 24 heavy (non-hydrogen) atoms. The summed E-state index contributed by atoms with van der Waals surface area (Å²) >= 11 is 0. The smallest absolute Gasteiger partial charge is 0.407 e. The summed E-state index contributed by atoms with van der Waals surface area (Å²) in [5.41, 5.74) is 3.44. The summed E-state index contributed by atoms with van der Waals surface area (Å²) in [6.07, 6.45) is -0.603. The largest absolute Gasteiger partial charge is 0.494 e. The molecular weight excluding hydrogens is 325 g/mol. The van der Waals surface area contributed by atoms with Crippen LogP contribution in [0.5, 0.6) is 5.75 Å². The predicted octanol–water partition coefficient (Wildman–Crippen LogP) is 4.09. The van der Waals surface area contributed by atoms with Crippen LogP contribution < -0.4 is 10.1 Å². The van der Waals surface area contributed by atoms with Crippen molar-refractivity contribution >= 4 is 14.2 Å². The number of carbonyl (C=O) groups is 1. The molecule has 0 fully saturated rings. The molecule has 0 aromatic heterocycles. The zero-order valence-electron chi connectivity index (χ0n) is 15.5. The highest BCUT2D eigenvalue weighted by Gasteiger charge is 2.18. The molecule has 1 amide bonds. The van der Waals surface area contributed by atoms with E-state index in [1.807, 2.05) is 0 Å². The molecule has 0 heterocycles. The third kappa shape index (κ3) is 6.63. The Balaban J connectivity index is 3.09. The van der Waals surface area contributed by atoms with Gasteiger partial charge in [-0.15, -0.1) is 5.54 Å². The lowest BCUT2D eigenvalue weighted by molar-refractivity contribution is 0.0523. The number of amides is 1.